The lowest BCUT2D eigenvalue weighted by molar-refractivity contribution is 0.627. The molecular weight excluding hydrogens is 330 g/mol. The zero-order chi connectivity index (χ0) is 12.3. The highest BCUT2D eigenvalue weighted by Gasteiger charge is 2.05. The quantitative estimate of drug-likeness (QED) is 0.839. The second kappa shape index (κ2) is 5.15. The lowest BCUT2D eigenvalue weighted by Crippen LogP contribution is -1.96. The summed E-state index contributed by atoms with van der Waals surface area (Å²) in [6, 6.07) is 13.8. The highest BCUT2D eigenvalue weighted by molar-refractivity contribution is 14.1. The largest absolute Gasteiger partial charge is 0.354 e. The van der Waals surface area contributed by atoms with Crippen molar-refractivity contribution < 1.29 is 4.39 Å². The summed E-state index contributed by atoms with van der Waals surface area (Å²) >= 11 is 2.20. The molecule has 0 fully saturated rings. The molecule has 0 aliphatic heterocycles. The van der Waals surface area contributed by atoms with Crippen molar-refractivity contribution in [3.63, 3.8) is 0 Å². The number of rotatable bonds is 2. The molecule has 2 aromatic carbocycles. The Kier molecular flexibility index (Phi) is 3.59. The number of halogens is 2. The Hall–Kier alpha value is -1.61. The Bertz CT molecular complexity index is 590. The standard InChI is InChI=1S/C13H8FIN2/c14-10-5-6-12(9(7-10)8-16)17-13-4-2-1-3-11(13)15/h1-7,17H. The smallest absolute Gasteiger partial charge is 0.124 e. The number of hydrogen-bond acceptors (Lipinski definition) is 2. The summed E-state index contributed by atoms with van der Waals surface area (Å²) in [6.45, 7) is 0. The number of para-hydroxylation sites is 1. The van der Waals surface area contributed by atoms with E-state index in [0.717, 1.165) is 9.26 Å². The molecule has 0 spiro atoms. The van der Waals surface area contributed by atoms with Gasteiger partial charge >= 0.3 is 0 Å². The molecule has 0 amide bonds. The van der Waals surface area contributed by atoms with Gasteiger partial charge in [-0.3, -0.25) is 0 Å². The summed E-state index contributed by atoms with van der Waals surface area (Å²) in [5, 5.41) is 12.1. The van der Waals surface area contributed by atoms with E-state index in [4.69, 9.17) is 5.26 Å². The molecule has 2 nitrogen and oxygen atoms in total. The molecular formula is C13H8FIN2. The second-order valence-electron chi connectivity index (χ2n) is 3.41. The van der Waals surface area contributed by atoms with Crippen molar-refractivity contribution in [1.29, 1.82) is 5.26 Å². The molecule has 0 heterocycles. The molecule has 0 aromatic heterocycles. The maximum Gasteiger partial charge on any atom is 0.124 e. The van der Waals surface area contributed by atoms with Crippen LogP contribution in [0.2, 0.25) is 0 Å². The van der Waals surface area contributed by atoms with Crippen LogP contribution in [0.25, 0.3) is 0 Å². The number of nitrogens with one attached hydrogen (secondary N) is 1. The summed E-state index contributed by atoms with van der Waals surface area (Å²) in [5.74, 6) is -0.408. The topological polar surface area (TPSA) is 35.8 Å². The molecule has 0 atom stereocenters. The third-order valence-electron chi connectivity index (χ3n) is 2.25. The number of nitrogens with zero attached hydrogens (tertiary/aromatic N) is 1. The summed E-state index contributed by atoms with van der Waals surface area (Å²) in [7, 11) is 0. The fourth-order valence-electron chi connectivity index (χ4n) is 1.43. The van der Waals surface area contributed by atoms with Crippen molar-refractivity contribution in [3.8, 4) is 6.07 Å². The van der Waals surface area contributed by atoms with E-state index in [9.17, 15) is 4.39 Å². The molecule has 0 unspecified atom stereocenters. The second-order valence-corrected chi connectivity index (χ2v) is 4.57. The van der Waals surface area contributed by atoms with Crippen LogP contribution < -0.4 is 5.32 Å². The van der Waals surface area contributed by atoms with Crippen LogP contribution in [0.5, 0.6) is 0 Å². The highest BCUT2D eigenvalue weighted by Crippen LogP contribution is 2.24. The van der Waals surface area contributed by atoms with E-state index < -0.39 is 5.82 Å². The van der Waals surface area contributed by atoms with E-state index in [-0.39, 0.29) is 0 Å². The van der Waals surface area contributed by atoms with Gasteiger partial charge in [-0.2, -0.15) is 5.26 Å². The Morgan fingerprint density at radius 1 is 1.12 bits per heavy atom. The predicted molar refractivity (Wildman–Crippen MR) is 73.6 cm³/mol. The third kappa shape index (κ3) is 2.74. The van der Waals surface area contributed by atoms with Gasteiger partial charge in [-0.05, 0) is 52.9 Å². The summed E-state index contributed by atoms with van der Waals surface area (Å²) in [6.07, 6.45) is 0. The molecule has 0 radical (unpaired) electrons. The third-order valence-corrected chi connectivity index (χ3v) is 3.19. The van der Waals surface area contributed by atoms with E-state index in [1.165, 1.54) is 12.1 Å². The predicted octanol–water partition coefficient (Wildman–Crippen LogP) is 4.05. The molecule has 2 aromatic rings. The van der Waals surface area contributed by atoms with E-state index in [2.05, 4.69) is 27.9 Å². The van der Waals surface area contributed by atoms with Gasteiger partial charge in [0.25, 0.3) is 0 Å². The molecule has 0 bridgehead atoms. The van der Waals surface area contributed by atoms with Gasteiger partial charge in [0.05, 0.1) is 16.9 Å². The van der Waals surface area contributed by atoms with Crippen LogP contribution in [-0.2, 0) is 0 Å². The van der Waals surface area contributed by atoms with Crippen LogP contribution in [-0.4, -0.2) is 0 Å². The molecule has 2 rings (SSSR count). The first kappa shape index (κ1) is 11.9. The number of nitriles is 1. The normalized spacial score (nSPS) is 9.71. The summed E-state index contributed by atoms with van der Waals surface area (Å²) < 4.78 is 14.0. The molecule has 17 heavy (non-hydrogen) atoms. The van der Waals surface area contributed by atoms with Crippen LogP contribution >= 0.6 is 22.6 Å². The van der Waals surface area contributed by atoms with Gasteiger partial charge in [-0.25, -0.2) is 4.39 Å². The molecule has 84 valence electrons. The van der Waals surface area contributed by atoms with Crippen LogP contribution in [0.15, 0.2) is 42.5 Å². The molecule has 0 saturated heterocycles. The minimum atomic E-state index is -0.408. The SMILES string of the molecule is N#Cc1cc(F)ccc1Nc1ccccc1I. The average Bonchev–Trinajstić information content (AvgIpc) is 2.34. The molecule has 0 saturated carbocycles. The van der Waals surface area contributed by atoms with Crippen molar-refractivity contribution in [2.75, 3.05) is 5.32 Å². The minimum Gasteiger partial charge on any atom is -0.354 e. The Balaban J connectivity index is 2.37. The summed E-state index contributed by atoms with van der Waals surface area (Å²) in [5.41, 5.74) is 1.80. The molecule has 4 heteroatoms. The zero-order valence-corrected chi connectivity index (χ0v) is 10.9. The van der Waals surface area contributed by atoms with Crippen molar-refractivity contribution >= 4 is 34.0 Å². The Morgan fingerprint density at radius 3 is 2.59 bits per heavy atom. The van der Waals surface area contributed by atoms with Gasteiger partial charge in [0.15, 0.2) is 0 Å². The van der Waals surface area contributed by atoms with Crippen molar-refractivity contribution in [2.24, 2.45) is 0 Å². The lowest BCUT2D eigenvalue weighted by atomic mass is 10.2. The highest BCUT2D eigenvalue weighted by atomic mass is 127. The van der Waals surface area contributed by atoms with Crippen molar-refractivity contribution in [2.45, 2.75) is 0 Å². The first-order chi connectivity index (χ1) is 8.20. The number of hydrogen-bond donors (Lipinski definition) is 1. The average molecular weight is 338 g/mol. The first-order valence-corrected chi connectivity index (χ1v) is 6.00. The molecule has 0 aliphatic carbocycles. The zero-order valence-electron chi connectivity index (χ0n) is 8.74. The monoisotopic (exact) mass is 338 g/mol. The molecule has 1 N–H and O–H groups in total. The van der Waals surface area contributed by atoms with Gasteiger partial charge < -0.3 is 5.32 Å². The van der Waals surface area contributed by atoms with Gasteiger partial charge in [-0.1, -0.05) is 12.1 Å². The van der Waals surface area contributed by atoms with Crippen molar-refractivity contribution in [3.05, 3.63) is 57.4 Å². The Labute approximate surface area is 112 Å². The van der Waals surface area contributed by atoms with Gasteiger partial charge in [0.1, 0.15) is 11.9 Å². The molecule has 0 aliphatic rings. The summed E-state index contributed by atoms with van der Waals surface area (Å²) in [4.78, 5) is 0. The fraction of sp³-hybridized carbons (Fsp3) is 0. The van der Waals surface area contributed by atoms with E-state index in [1.807, 2.05) is 30.3 Å². The maximum atomic E-state index is 13.0. The van der Waals surface area contributed by atoms with Gasteiger partial charge in [0, 0.05) is 3.57 Å². The lowest BCUT2D eigenvalue weighted by Gasteiger charge is -2.09. The van der Waals surface area contributed by atoms with E-state index in [1.54, 1.807) is 6.07 Å². The van der Waals surface area contributed by atoms with Gasteiger partial charge in [-0.15, -0.1) is 0 Å². The maximum absolute atomic E-state index is 13.0. The number of benzene rings is 2. The van der Waals surface area contributed by atoms with Crippen LogP contribution in [0.3, 0.4) is 0 Å². The number of anilines is 2. The Morgan fingerprint density at radius 2 is 1.88 bits per heavy atom. The van der Waals surface area contributed by atoms with Crippen LogP contribution in [0, 0.1) is 20.7 Å². The van der Waals surface area contributed by atoms with Crippen LogP contribution in [0.1, 0.15) is 5.56 Å². The minimum absolute atomic E-state index is 0.296. The van der Waals surface area contributed by atoms with E-state index >= 15 is 0 Å². The fourth-order valence-corrected chi connectivity index (χ4v) is 1.95. The first-order valence-electron chi connectivity index (χ1n) is 4.92. The van der Waals surface area contributed by atoms with Crippen molar-refractivity contribution in [1.82, 2.24) is 0 Å². The van der Waals surface area contributed by atoms with Gasteiger partial charge in [0.2, 0.25) is 0 Å². The van der Waals surface area contributed by atoms with Crippen LogP contribution in [0.4, 0.5) is 15.8 Å². The van der Waals surface area contributed by atoms with E-state index in [0.29, 0.717) is 11.3 Å².